The molecule has 0 aliphatic carbocycles. The molecule has 0 bridgehead atoms. The van der Waals surface area contributed by atoms with Crippen molar-refractivity contribution in [3.8, 4) is 5.75 Å². The number of nitrogens with zero attached hydrogens (tertiary/aromatic N) is 1. The average Bonchev–Trinajstić information content (AvgIpc) is 3.19. The molecule has 0 radical (unpaired) electrons. The molecule has 1 atom stereocenters. The number of benzene rings is 1. The number of sulfonamides is 1. The summed E-state index contributed by atoms with van der Waals surface area (Å²) in [6, 6.07) is 3.11. The highest BCUT2D eigenvalue weighted by Gasteiger charge is 2.33. The number of nitrogens with one attached hydrogen (secondary N) is 3. The number of rotatable bonds is 8. The molecule has 1 aliphatic rings. The van der Waals surface area contributed by atoms with Crippen molar-refractivity contribution >= 4 is 27.7 Å². The summed E-state index contributed by atoms with van der Waals surface area (Å²) in [7, 11) is -1.05. The molecule has 10 nitrogen and oxygen atoms in total. The van der Waals surface area contributed by atoms with Crippen LogP contribution in [-0.2, 0) is 19.6 Å². The molecule has 3 amide bonds. The van der Waals surface area contributed by atoms with E-state index in [4.69, 9.17) is 4.74 Å². The minimum Gasteiger partial charge on any atom is -0.495 e. The van der Waals surface area contributed by atoms with Crippen LogP contribution in [0.3, 0.4) is 0 Å². The zero-order chi connectivity index (χ0) is 22.5. The SMILES string of the molecule is CNC(=O)C1CCCN1C(=O)CNC(=O)c1ccc(OC)c(S(=O)(=O)NC(C)C)c1. The minimum atomic E-state index is -3.90. The van der Waals surface area contributed by atoms with E-state index in [1.807, 2.05) is 0 Å². The quantitative estimate of drug-likeness (QED) is 0.515. The monoisotopic (exact) mass is 440 g/mol. The van der Waals surface area contributed by atoms with Crippen LogP contribution in [0, 0.1) is 0 Å². The van der Waals surface area contributed by atoms with Gasteiger partial charge in [0.25, 0.3) is 5.91 Å². The lowest BCUT2D eigenvalue weighted by Gasteiger charge is -2.23. The summed E-state index contributed by atoms with van der Waals surface area (Å²) in [6.07, 6.45) is 1.28. The molecular formula is C19H28N4O6S. The summed E-state index contributed by atoms with van der Waals surface area (Å²) in [6.45, 7) is 3.50. The minimum absolute atomic E-state index is 0.0667. The zero-order valence-electron chi connectivity index (χ0n) is 17.5. The fraction of sp³-hybridized carbons (Fsp3) is 0.526. The molecule has 2 rings (SSSR count). The van der Waals surface area contributed by atoms with Crippen LogP contribution in [0.4, 0.5) is 0 Å². The molecule has 11 heteroatoms. The van der Waals surface area contributed by atoms with Crippen LogP contribution in [-0.4, -0.2) is 70.4 Å². The van der Waals surface area contributed by atoms with E-state index in [-0.39, 0.29) is 40.6 Å². The van der Waals surface area contributed by atoms with Crippen molar-refractivity contribution in [2.24, 2.45) is 0 Å². The number of carbonyl (C=O) groups is 3. The number of hydrogen-bond donors (Lipinski definition) is 3. The van der Waals surface area contributed by atoms with Gasteiger partial charge in [0.1, 0.15) is 16.7 Å². The number of methoxy groups -OCH3 is 1. The Balaban J connectivity index is 2.13. The summed E-state index contributed by atoms with van der Waals surface area (Å²) in [5.41, 5.74) is 0.0667. The normalized spacial score (nSPS) is 16.4. The van der Waals surface area contributed by atoms with Gasteiger partial charge in [-0.25, -0.2) is 13.1 Å². The second-order valence-electron chi connectivity index (χ2n) is 7.18. The molecule has 1 heterocycles. The number of hydrogen-bond acceptors (Lipinski definition) is 6. The van der Waals surface area contributed by atoms with E-state index in [0.717, 1.165) is 0 Å². The Hall–Kier alpha value is -2.66. The van der Waals surface area contributed by atoms with Crippen molar-refractivity contribution in [2.75, 3.05) is 27.2 Å². The van der Waals surface area contributed by atoms with Crippen molar-refractivity contribution in [1.29, 1.82) is 0 Å². The number of amides is 3. The van der Waals surface area contributed by atoms with E-state index in [0.29, 0.717) is 19.4 Å². The first-order valence-electron chi connectivity index (χ1n) is 9.60. The van der Waals surface area contributed by atoms with E-state index >= 15 is 0 Å². The highest BCUT2D eigenvalue weighted by molar-refractivity contribution is 7.89. The van der Waals surface area contributed by atoms with E-state index in [1.54, 1.807) is 13.8 Å². The molecule has 0 aromatic heterocycles. The maximum absolute atomic E-state index is 12.5. The van der Waals surface area contributed by atoms with Gasteiger partial charge in [-0.05, 0) is 44.9 Å². The van der Waals surface area contributed by atoms with Gasteiger partial charge in [-0.3, -0.25) is 14.4 Å². The largest absolute Gasteiger partial charge is 0.495 e. The van der Waals surface area contributed by atoms with Gasteiger partial charge in [-0.15, -0.1) is 0 Å². The maximum Gasteiger partial charge on any atom is 0.251 e. The predicted molar refractivity (Wildman–Crippen MR) is 110 cm³/mol. The number of carbonyl (C=O) groups excluding carboxylic acids is 3. The summed E-state index contributed by atoms with van der Waals surface area (Å²) in [5.74, 6) is -1.13. The molecule has 30 heavy (non-hydrogen) atoms. The summed E-state index contributed by atoms with van der Waals surface area (Å²) in [4.78, 5) is 38.1. The summed E-state index contributed by atoms with van der Waals surface area (Å²) in [5, 5.41) is 5.02. The fourth-order valence-corrected chi connectivity index (χ4v) is 4.71. The van der Waals surface area contributed by atoms with E-state index in [9.17, 15) is 22.8 Å². The molecular weight excluding hydrogens is 412 g/mol. The van der Waals surface area contributed by atoms with Crippen molar-refractivity contribution in [1.82, 2.24) is 20.3 Å². The lowest BCUT2D eigenvalue weighted by Crippen LogP contribution is -2.48. The average molecular weight is 441 g/mol. The van der Waals surface area contributed by atoms with Crippen LogP contribution in [0.2, 0.25) is 0 Å². The van der Waals surface area contributed by atoms with E-state index < -0.39 is 22.0 Å². The van der Waals surface area contributed by atoms with Crippen LogP contribution in [0.15, 0.2) is 23.1 Å². The van der Waals surface area contributed by atoms with Gasteiger partial charge < -0.3 is 20.3 Å². The topological polar surface area (TPSA) is 134 Å². The lowest BCUT2D eigenvalue weighted by molar-refractivity contribution is -0.137. The highest BCUT2D eigenvalue weighted by Crippen LogP contribution is 2.25. The van der Waals surface area contributed by atoms with Gasteiger partial charge in [0.05, 0.1) is 13.7 Å². The Bertz CT molecular complexity index is 916. The molecule has 1 aromatic carbocycles. The molecule has 1 aromatic rings. The standard InChI is InChI=1S/C19H28N4O6S/c1-12(2)22-30(27,28)16-10-13(7-8-15(16)29-4)18(25)21-11-17(24)23-9-5-6-14(23)19(26)20-3/h7-8,10,12,14,22H,5-6,9,11H2,1-4H3,(H,20,26)(H,21,25). The van der Waals surface area contributed by atoms with Gasteiger partial charge in [0.2, 0.25) is 21.8 Å². The first kappa shape index (κ1) is 23.6. The van der Waals surface area contributed by atoms with Crippen LogP contribution < -0.4 is 20.1 Å². The second kappa shape index (κ2) is 9.90. The highest BCUT2D eigenvalue weighted by atomic mass is 32.2. The van der Waals surface area contributed by atoms with E-state index in [1.165, 1.54) is 37.3 Å². The Labute approximate surface area is 176 Å². The van der Waals surface area contributed by atoms with E-state index in [2.05, 4.69) is 15.4 Å². The third-order valence-electron chi connectivity index (χ3n) is 4.63. The maximum atomic E-state index is 12.5. The smallest absolute Gasteiger partial charge is 0.251 e. The fourth-order valence-electron chi connectivity index (χ4n) is 3.27. The second-order valence-corrected chi connectivity index (χ2v) is 8.87. The van der Waals surface area contributed by atoms with Crippen LogP contribution >= 0.6 is 0 Å². The van der Waals surface area contributed by atoms with Crippen molar-refractivity contribution in [2.45, 2.75) is 43.7 Å². The molecule has 3 N–H and O–H groups in total. The Kier molecular flexibility index (Phi) is 7.79. The Morgan fingerprint density at radius 2 is 1.97 bits per heavy atom. The van der Waals surface area contributed by atoms with Crippen molar-refractivity contribution in [3.63, 3.8) is 0 Å². The summed E-state index contributed by atoms with van der Waals surface area (Å²) >= 11 is 0. The first-order valence-corrected chi connectivity index (χ1v) is 11.1. The van der Waals surface area contributed by atoms with Gasteiger partial charge in [-0.2, -0.15) is 0 Å². The van der Waals surface area contributed by atoms with Crippen LogP contribution in [0.25, 0.3) is 0 Å². The third-order valence-corrected chi connectivity index (χ3v) is 6.31. The predicted octanol–water partition coefficient (Wildman–Crippen LogP) is -0.151. The molecule has 0 spiro atoms. The lowest BCUT2D eigenvalue weighted by atomic mass is 10.2. The molecule has 166 valence electrons. The van der Waals surface area contributed by atoms with Gasteiger partial charge >= 0.3 is 0 Å². The van der Waals surface area contributed by atoms with Gasteiger partial charge in [-0.1, -0.05) is 0 Å². The summed E-state index contributed by atoms with van der Waals surface area (Å²) < 4.78 is 32.6. The molecule has 1 saturated heterocycles. The number of likely N-dealkylation sites (tertiary alicyclic amines) is 1. The third kappa shape index (κ3) is 5.48. The van der Waals surface area contributed by atoms with Crippen LogP contribution in [0.1, 0.15) is 37.0 Å². The molecule has 0 saturated carbocycles. The van der Waals surface area contributed by atoms with Crippen LogP contribution in [0.5, 0.6) is 5.75 Å². The Morgan fingerprint density at radius 1 is 1.27 bits per heavy atom. The van der Waals surface area contributed by atoms with Gasteiger partial charge in [0, 0.05) is 25.2 Å². The molecule has 1 fully saturated rings. The Morgan fingerprint density at radius 3 is 2.57 bits per heavy atom. The van der Waals surface area contributed by atoms with Crippen molar-refractivity contribution < 1.29 is 27.5 Å². The molecule has 1 aliphatic heterocycles. The van der Waals surface area contributed by atoms with Gasteiger partial charge in [0.15, 0.2) is 0 Å². The first-order chi connectivity index (χ1) is 14.1. The number of likely N-dealkylation sites (N-methyl/N-ethyl adjacent to an activating group) is 1. The zero-order valence-corrected chi connectivity index (χ0v) is 18.3. The number of ether oxygens (including phenoxy) is 1. The molecule has 1 unspecified atom stereocenters. The van der Waals surface area contributed by atoms with Crippen molar-refractivity contribution in [3.05, 3.63) is 23.8 Å².